The Bertz CT molecular complexity index is 970. The number of carbonyl (C=O) groups is 1. The van der Waals surface area contributed by atoms with E-state index in [0.29, 0.717) is 31.0 Å². The lowest BCUT2D eigenvalue weighted by Gasteiger charge is -2.38. The number of methoxy groups -OCH3 is 3. The molecule has 0 N–H and O–H groups in total. The van der Waals surface area contributed by atoms with Crippen LogP contribution in [0.25, 0.3) is 0 Å². The predicted molar refractivity (Wildman–Crippen MR) is 125 cm³/mol. The summed E-state index contributed by atoms with van der Waals surface area (Å²) in [6.07, 6.45) is 1.14. The van der Waals surface area contributed by atoms with Crippen LogP contribution in [-0.4, -0.2) is 76.8 Å². The number of rotatable bonds is 6. The van der Waals surface area contributed by atoms with Gasteiger partial charge in [-0.05, 0) is 43.3 Å². The normalized spacial score (nSPS) is 16.5. The van der Waals surface area contributed by atoms with E-state index >= 15 is 0 Å². The fourth-order valence-electron chi connectivity index (χ4n) is 4.65. The molecular weight excluding hydrogens is 406 g/mol. The van der Waals surface area contributed by atoms with Gasteiger partial charge in [-0.1, -0.05) is 6.07 Å². The van der Waals surface area contributed by atoms with Crippen molar-refractivity contribution in [2.24, 2.45) is 0 Å². The second-order valence-electron chi connectivity index (χ2n) is 8.47. The van der Waals surface area contributed by atoms with Crippen LogP contribution in [0.15, 0.2) is 30.3 Å². The molecule has 7 nitrogen and oxygen atoms in total. The van der Waals surface area contributed by atoms with E-state index in [0.717, 1.165) is 43.9 Å². The van der Waals surface area contributed by atoms with Crippen molar-refractivity contribution in [2.75, 3.05) is 66.0 Å². The summed E-state index contributed by atoms with van der Waals surface area (Å²) < 4.78 is 16.4. The number of likely N-dealkylation sites (N-methyl/N-ethyl adjacent to an activating group) is 1. The third-order valence-corrected chi connectivity index (χ3v) is 6.56. The fraction of sp³-hybridized carbons (Fsp3) is 0.480. The zero-order valence-electron chi connectivity index (χ0n) is 19.5. The van der Waals surface area contributed by atoms with Crippen molar-refractivity contribution in [1.29, 1.82) is 0 Å². The largest absolute Gasteiger partial charge is 0.496 e. The maximum absolute atomic E-state index is 13.2. The van der Waals surface area contributed by atoms with Gasteiger partial charge in [0.1, 0.15) is 5.75 Å². The molecule has 2 heterocycles. The Hall–Kier alpha value is -2.93. The Balaban J connectivity index is 1.55. The summed E-state index contributed by atoms with van der Waals surface area (Å²) >= 11 is 0. The third-order valence-electron chi connectivity index (χ3n) is 6.56. The van der Waals surface area contributed by atoms with Gasteiger partial charge in [0.25, 0.3) is 0 Å². The van der Waals surface area contributed by atoms with E-state index in [1.54, 1.807) is 21.3 Å². The van der Waals surface area contributed by atoms with E-state index in [1.165, 1.54) is 16.8 Å². The zero-order valence-corrected chi connectivity index (χ0v) is 19.5. The molecule has 0 saturated carbocycles. The average molecular weight is 440 g/mol. The molecule has 0 aromatic heterocycles. The van der Waals surface area contributed by atoms with Gasteiger partial charge in [-0.15, -0.1) is 0 Å². The number of anilines is 1. The van der Waals surface area contributed by atoms with Crippen LogP contribution in [0, 0.1) is 0 Å². The van der Waals surface area contributed by atoms with E-state index in [2.05, 4.69) is 29.0 Å². The van der Waals surface area contributed by atoms with Gasteiger partial charge in [0, 0.05) is 56.1 Å². The molecule has 1 amide bonds. The predicted octanol–water partition coefficient (Wildman–Crippen LogP) is 2.59. The Morgan fingerprint density at radius 3 is 2.22 bits per heavy atom. The van der Waals surface area contributed by atoms with E-state index in [1.807, 2.05) is 23.1 Å². The van der Waals surface area contributed by atoms with Crippen LogP contribution < -0.4 is 19.1 Å². The van der Waals surface area contributed by atoms with Crippen molar-refractivity contribution >= 4 is 11.6 Å². The van der Waals surface area contributed by atoms with Crippen LogP contribution >= 0.6 is 0 Å². The van der Waals surface area contributed by atoms with Crippen molar-refractivity contribution in [2.45, 2.75) is 19.4 Å². The average Bonchev–Trinajstić information content (AvgIpc) is 2.83. The number of hydrogen-bond donors (Lipinski definition) is 0. The van der Waals surface area contributed by atoms with Gasteiger partial charge in [-0.3, -0.25) is 4.79 Å². The number of benzene rings is 2. The highest BCUT2D eigenvalue weighted by molar-refractivity contribution is 5.80. The minimum Gasteiger partial charge on any atom is -0.496 e. The van der Waals surface area contributed by atoms with Crippen molar-refractivity contribution < 1.29 is 19.0 Å². The summed E-state index contributed by atoms with van der Waals surface area (Å²) in [4.78, 5) is 20.0. The summed E-state index contributed by atoms with van der Waals surface area (Å²) in [6.45, 7) is 5.39. The summed E-state index contributed by atoms with van der Waals surface area (Å²) in [6, 6.07) is 9.89. The smallest absolute Gasteiger partial charge is 0.227 e. The number of hydrogen-bond acceptors (Lipinski definition) is 6. The molecule has 2 aromatic carbocycles. The molecule has 172 valence electrons. The Morgan fingerprint density at radius 1 is 0.844 bits per heavy atom. The van der Waals surface area contributed by atoms with Gasteiger partial charge in [-0.25, -0.2) is 0 Å². The molecule has 0 spiro atoms. The highest BCUT2D eigenvalue weighted by Gasteiger charge is 2.28. The first-order valence-electron chi connectivity index (χ1n) is 11.1. The van der Waals surface area contributed by atoms with Crippen LogP contribution in [-0.2, 0) is 24.2 Å². The van der Waals surface area contributed by atoms with Crippen LogP contribution in [0.1, 0.15) is 16.7 Å². The molecule has 0 unspecified atom stereocenters. The van der Waals surface area contributed by atoms with Gasteiger partial charge in [0.05, 0.1) is 27.8 Å². The van der Waals surface area contributed by atoms with Crippen LogP contribution in [0.4, 0.5) is 5.69 Å². The molecule has 0 aliphatic carbocycles. The molecule has 32 heavy (non-hydrogen) atoms. The second kappa shape index (κ2) is 9.69. The van der Waals surface area contributed by atoms with Crippen molar-refractivity contribution in [3.8, 4) is 17.2 Å². The molecular formula is C25H33N3O4. The quantitative estimate of drug-likeness (QED) is 0.690. The SMILES string of the molecule is COc1ccc(CC(=O)N2CCc3c(OC)ccc(N4CCN(C)CC4)c3C2)cc1OC. The molecule has 0 radical (unpaired) electrons. The third kappa shape index (κ3) is 4.48. The number of fused-ring (bicyclic) bond motifs is 1. The first-order chi connectivity index (χ1) is 15.5. The maximum atomic E-state index is 13.2. The maximum Gasteiger partial charge on any atom is 0.227 e. The van der Waals surface area contributed by atoms with Gasteiger partial charge < -0.3 is 28.9 Å². The topological polar surface area (TPSA) is 54.5 Å². The van der Waals surface area contributed by atoms with Gasteiger partial charge in [0.2, 0.25) is 5.91 Å². The number of nitrogens with zero attached hydrogens (tertiary/aromatic N) is 3. The molecule has 2 aliphatic rings. The standard InChI is InChI=1S/C25H33N3O4/c1-26-11-13-27(14-12-26)21-6-8-22(30-2)19-9-10-28(17-20(19)21)25(29)16-18-5-7-23(31-3)24(15-18)32-4/h5-8,15H,9-14,16-17H2,1-4H3. The zero-order chi connectivity index (χ0) is 22.7. The number of amides is 1. The first kappa shape index (κ1) is 22.3. The lowest BCUT2D eigenvalue weighted by Crippen LogP contribution is -2.45. The Kier molecular flexibility index (Phi) is 6.74. The van der Waals surface area contributed by atoms with Crippen LogP contribution in [0.2, 0.25) is 0 Å². The molecule has 2 aliphatic heterocycles. The number of ether oxygens (including phenoxy) is 3. The van der Waals surface area contributed by atoms with Crippen LogP contribution in [0.3, 0.4) is 0 Å². The molecule has 0 bridgehead atoms. The van der Waals surface area contributed by atoms with Crippen molar-refractivity contribution in [1.82, 2.24) is 9.80 Å². The van der Waals surface area contributed by atoms with Gasteiger partial charge in [0.15, 0.2) is 11.5 Å². The highest BCUT2D eigenvalue weighted by Crippen LogP contribution is 2.36. The molecule has 7 heteroatoms. The monoisotopic (exact) mass is 439 g/mol. The van der Waals surface area contributed by atoms with E-state index in [9.17, 15) is 4.79 Å². The second-order valence-corrected chi connectivity index (χ2v) is 8.47. The molecule has 1 saturated heterocycles. The first-order valence-corrected chi connectivity index (χ1v) is 11.1. The van der Waals surface area contributed by atoms with Crippen LogP contribution in [0.5, 0.6) is 17.2 Å². The van der Waals surface area contributed by atoms with E-state index in [-0.39, 0.29) is 5.91 Å². The lowest BCUT2D eigenvalue weighted by atomic mass is 9.95. The Morgan fingerprint density at radius 2 is 1.53 bits per heavy atom. The molecule has 0 atom stereocenters. The summed E-state index contributed by atoms with van der Waals surface area (Å²) in [7, 11) is 7.10. The van der Waals surface area contributed by atoms with E-state index < -0.39 is 0 Å². The minimum atomic E-state index is 0.120. The van der Waals surface area contributed by atoms with Gasteiger partial charge in [-0.2, -0.15) is 0 Å². The molecule has 1 fully saturated rings. The van der Waals surface area contributed by atoms with Gasteiger partial charge >= 0.3 is 0 Å². The summed E-state index contributed by atoms with van der Waals surface area (Å²) in [5.74, 6) is 2.35. The fourth-order valence-corrected chi connectivity index (χ4v) is 4.65. The Labute approximate surface area is 190 Å². The summed E-state index contributed by atoms with van der Waals surface area (Å²) in [5.41, 5.74) is 4.61. The van der Waals surface area contributed by atoms with Crippen molar-refractivity contribution in [3.63, 3.8) is 0 Å². The molecule has 2 aromatic rings. The summed E-state index contributed by atoms with van der Waals surface area (Å²) in [5, 5.41) is 0. The van der Waals surface area contributed by atoms with E-state index in [4.69, 9.17) is 14.2 Å². The number of piperazine rings is 1. The van der Waals surface area contributed by atoms with Crippen molar-refractivity contribution in [3.05, 3.63) is 47.0 Å². The molecule has 4 rings (SSSR count). The number of carbonyl (C=O) groups excluding carboxylic acids is 1. The lowest BCUT2D eigenvalue weighted by molar-refractivity contribution is -0.131. The minimum absolute atomic E-state index is 0.120. The highest BCUT2D eigenvalue weighted by atomic mass is 16.5.